The van der Waals surface area contributed by atoms with Crippen molar-refractivity contribution in [2.24, 2.45) is 14.1 Å². The molecule has 4 rings (SSSR count). The van der Waals surface area contributed by atoms with E-state index < -0.39 is 0 Å². The standard InChI is InChI=1S/C18H21FN8/c1-9-5-15(24-27(10(2)20)18(9)21)16-7-14(23-25(16)3)12-6-11(12)13-8-22-26(4)17(13)19/h5,7-8,11-12,20-21H,6H2,1-4H3. The van der Waals surface area contributed by atoms with Crippen LogP contribution in [0.25, 0.3) is 11.4 Å². The molecule has 140 valence electrons. The maximum absolute atomic E-state index is 14.1. The maximum atomic E-state index is 14.1. The molecule has 0 aromatic carbocycles. The van der Waals surface area contributed by atoms with Gasteiger partial charge >= 0.3 is 0 Å². The predicted molar refractivity (Wildman–Crippen MR) is 97.1 cm³/mol. The van der Waals surface area contributed by atoms with Crippen LogP contribution in [-0.4, -0.2) is 35.2 Å². The SMILES string of the molecule is CC(=N)n1nc(-c2cc(C3CC3c3cnn(C)c3F)nn2C)cc(C)c1=N. The van der Waals surface area contributed by atoms with Gasteiger partial charge in [-0.2, -0.15) is 19.7 Å². The minimum Gasteiger partial charge on any atom is -0.287 e. The Morgan fingerprint density at radius 2 is 1.93 bits per heavy atom. The first-order chi connectivity index (χ1) is 12.8. The average molecular weight is 368 g/mol. The minimum atomic E-state index is -0.288. The van der Waals surface area contributed by atoms with Crippen molar-refractivity contribution >= 4 is 5.84 Å². The number of rotatable bonds is 3. The molecule has 0 bridgehead atoms. The zero-order chi connectivity index (χ0) is 19.5. The van der Waals surface area contributed by atoms with Gasteiger partial charge in [0, 0.05) is 25.6 Å². The number of hydrogen-bond donors (Lipinski definition) is 2. The monoisotopic (exact) mass is 368 g/mol. The average Bonchev–Trinajstić information content (AvgIpc) is 3.20. The van der Waals surface area contributed by atoms with E-state index in [-0.39, 0.29) is 29.1 Å². The van der Waals surface area contributed by atoms with Gasteiger partial charge in [0.25, 0.3) is 0 Å². The summed E-state index contributed by atoms with van der Waals surface area (Å²) in [7, 11) is 3.44. The topological polar surface area (TPSA) is 101 Å². The zero-order valence-corrected chi connectivity index (χ0v) is 15.7. The van der Waals surface area contributed by atoms with Gasteiger partial charge in [-0.25, -0.2) is 9.36 Å². The Bertz CT molecular complexity index is 1120. The van der Waals surface area contributed by atoms with E-state index in [1.54, 1.807) is 24.9 Å². The molecular formula is C18H21FN8. The van der Waals surface area contributed by atoms with Crippen molar-refractivity contribution < 1.29 is 4.39 Å². The van der Waals surface area contributed by atoms with Gasteiger partial charge in [0.15, 0.2) is 5.49 Å². The van der Waals surface area contributed by atoms with Crippen LogP contribution in [0.2, 0.25) is 0 Å². The second-order valence-corrected chi connectivity index (χ2v) is 7.10. The lowest BCUT2D eigenvalue weighted by molar-refractivity contribution is 0.495. The van der Waals surface area contributed by atoms with Gasteiger partial charge in [0.1, 0.15) is 11.5 Å². The van der Waals surface area contributed by atoms with Crippen molar-refractivity contribution in [3.63, 3.8) is 0 Å². The predicted octanol–water partition coefficient (Wildman–Crippen LogP) is 2.06. The smallest absolute Gasteiger partial charge is 0.214 e. The number of aromatic nitrogens is 6. The largest absolute Gasteiger partial charge is 0.287 e. The summed E-state index contributed by atoms with van der Waals surface area (Å²) < 4.78 is 18.4. The third-order valence-corrected chi connectivity index (χ3v) is 5.09. The Hall–Kier alpha value is -3.10. The number of aryl methyl sites for hydroxylation is 3. The van der Waals surface area contributed by atoms with E-state index >= 15 is 0 Å². The molecule has 0 amide bonds. The summed E-state index contributed by atoms with van der Waals surface area (Å²) in [5.74, 6) is 0.156. The van der Waals surface area contributed by atoms with Crippen LogP contribution >= 0.6 is 0 Å². The van der Waals surface area contributed by atoms with Crippen molar-refractivity contribution in [3.05, 3.63) is 46.6 Å². The summed E-state index contributed by atoms with van der Waals surface area (Å²) >= 11 is 0. The van der Waals surface area contributed by atoms with Crippen LogP contribution in [0.5, 0.6) is 0 Å². The van der Waals surface area contributed by atoms with Gasteiger partial charge < -0.3 is 0 Å². The molecule has 0 spiro atoms. The highest BCUT2D eigenvalue weighted by Crippen LogP contribution is 2.55. The molecule has 8 nitrogen and oxygen atoms in total. The highest BCUT2D eigenvalue weighted by molar-refractivity contribution is 5.78. The fourth-order valence-corrected chi connectivity index (χ4v) is 3.46. The molecule has 3 aromatic rings. The molecule has 0 aliphatic heterocycles. The summed E-state index contributed by atoms with van der Waals surface area (Å²) in [5.41, 5.74) is 3.92. The summed E-state index contributed by atoms with van der Waals surface area (Å²) in [6.07, 6.45) is 2.44. The Labute approximate surface area is 155 Å². The van der Waals surface area contributed by atoms with E-state index in [1.807, 2.05) is 26.1 Å². The van der Waals surface area contributed by atoms with Crippen LogP contribution in [-0.2, 0) is 14.1 Å². The number of nitrogens with one attached hydrogen (secondary N) is 2. The number of hydrogen-bond acceptors (Lipinski definition) is 5. The maximum Gasteiger partial charge on any atom is 0.214 e. The third-order valence-electron chi connectivity index (χ3n) is 5.09. The van der Waals surface area contributed by atoms with Crippen molar-refractivity contribution in [1.82, 2.24) is 29.3 Å². The van der Waals surface area contributed by atoms with Gasteiger partial charge in [0.2, 0.25) is 5.95 Å². The lowest BCUT2D eigenvalue weighted by Crippen LogP contribution is -2.29. The molecule has 2 unspecified atom stereocenters. The molecule has 0 saturated heterocycles. The van der Waals surface area contributed by atoms with Gasteiger partial charge in [-0.1, -0.05) is 0 Å². The first kappa shape index (κ1) is 17.3. The quantitative estimate of drug-likeness (QED) is 0.546. The Morgan fingerprint density at radius 3 is 2.56 bits per heavy atom. The Kier molecular flexibility index (Phi) is 3.83. The molecule has 9 heteroatoms. The summed E-state index contributed by atoms with van der Waals surface area (Å²) in [6.45, 7) is 3.42. The zero-order valence-electron chi connectivity index (χ0n) is 15.7. The van der Waals surface area contributed by atoms with E-state index in [4.69, 9.17) is 10.8 Å². The molecule has 27 heavy (non-hydrogen) atoms. The summed E-state index contributed by atoms with van der Waals surface area (Å²) in [6, 6.07) is 3.79. The number of nitrogens with zero attached hydrogens (tertiary/aromatic N) is 6. The normalized spacial score (nSPS) is 18.7. The van der Waals surface area contributed by atoms with Crippen molar-refractivity contribution in [3.8, 4) is 11.4 Å². The van der Waals surface area contributed by atoms with E-state index in [0.29, 0.717) is 11.3 Å². The molecule has 1 saturated carbocycles. The molecule has 1 aliphatic rings. The molecule has 3 aromatic heterocycles. The molecular weight excluding hydrogens is 347 g/mol. The van der Waals surface area contributed by atoms with Gasteiger partial charge in [-0.05, 0) is 43.9 Å². The van der Waals surface area contributed by atoms with Crippen LogP contribution in [0.3, 0.4) is 0 Å². The van der Waals surface area contributed by atoms with Crippen LogP contribution in [0.1, 0.15) is 42.0 Å². The molecule has 3 heterocycles. The van der Waals surface area contributed by atoms with Crippen LogP contribution < -0.4 is 5.49 Å². The van der Waals surface area contributed by atoms with Crippen molar-refractivity contribution in [2.45, 2.75) is 32.1 Å². The second-order valence-electron chi connectivity index (χ2n) is 7.10. The van der Waals surface area contributed by atoms with E-state index in [0.717, 1.165) is 23.4 Å². The summed E-state index contributed by atoms with van der Waals surface area (Å²) in [4.78, 5) is 0. The first-order valence-electron chi connectivity index (χ1n) is 8.70. The lowest BCUT2D eigenvalue weighted by Gasteiger charge is -2.08. The third kappa shape index (κ3) is 2.79. The fraction of sp³-hybridized carbons (Fsp3) is 0.389. The van der Waals surface area contributed by atoms with Crippen LogP contribution in [0.4, 0.5) is 4.39 Å². The highest BCUT2D eigenvalue weighted by atomic mass is 19.1. The van der Waals surface area contributed by atoms with E-state index in [2.05, 4.69) is 15.3 Å². The van der Waals surface area contributed by atoms with Crippen molar-refractivity contribution in [2.75, 3.05) is 0 Å². The van der Waals surface area contributed by atoms with Crippen LogP contribution in [0.15, 0.2) is 18.3 Å². The second kappa shape index (κ2) is 5.97. The Balaban J connectivity index is 1.68. The van der Waals surface area contributed by atoms with E-state index in [9.17, 15) is 4.39 Å². The molecule has 0 radical (unpaired) electrons. The minimum absolute atomic E-state index is 0.0977. The Morgan fingerprint density at radius 1 is 1.19 bits per heavy atom. The lowest BCUT2D eigenvalue weighted by atomic mass is 10.1. The molecule has 1 fully saturated rings. The van der Waals surface area contributed by atoms with Gasteiger partial charge in [-0.15, -0.1) is 0 Å². The van der Waals surface area contributed by atoms with Gasteiger partial charge in [0.05, 0.1) is 17.6 Å². The van der Waals surface area contributed by atoms with Crippen molar-refractivity contribution in [1.29, 1.82) is 10.8 Å². The van der Waals surface area contributed by atoms with Crippen LogP contribution in [0, 0.1) is 23.7 Å². The molecule has 1 aliphatic carbocycles. The van der Waals surface area contributed by atoms with Gasteiger partial charge in [-0.3, -0.25) is 15.5 Å². The highest BCUT2D eigenvalue weighted by Gasteiger charge is 2.44. The fourth-order valence-electron chi connectivity index (χ4n) is 3.46. The summed E-state index contributed by atoms with van der Waals surface area (Å²) in [5, 5.41) is 28.9. The molecule has 2 N–H and O–H groups in total. The number of halogens is 1. The molecule has 2 atom stereocenters. The van der Waals surface area contributed by atoms with E-state index in [1.165, 1.54) is 9.36 Å². The first-order valence-corrected chi connectivity index (χ1v) is 8.70.